The first kappa shape index (κ1) is 15.5. The third-order valence-electron chi connectivity index (χ3n) is 3.81. The number of benzene rings is 1. The Bertz CT molecular complexity index is 539. The molecule has 0 heterocycles. The number of hydrogen-bond donors (Lipinski definition) is 2. The Hall–Kier alpha value is -0.910. The van der Waals surface area contributed by atoms with Crippen LogP contribution in [0.3, 0.4) is 0 Å². The minimum atomic E-state index is -3.39. The van der Waals surface area contributed by atoms with Crippen molar-refractivity contribution in [2.45, 2.75) is 43.5 Å². The summed E-state index contributed by atoms with van der Waals surface area (Å²) in [6, 6.07) is 7.70. The SMILES string of the molecule is CCCNS(=O)(=O)c1ccccc1CC(NC)C1CC1. The molecular weight excluding hydrogens is 272 g/mol. The lowest BCUT2D eigenvalue weighted by atomic mass is 10.0. The van der Waals surface area contributed by atoms with Crippen LogP contribution >= 0.6 is 0 Å². The topological polar surface area (TPSA) is 58.2 Å². The number of rotatable bonds is 8. The van der Waals surface area contributed by atoms with E-state index in [0.717, 1.165) is 18.4 Å². The first-order valence-electron chi connectivity index (χ1n) is 7.33. The summed E-state index contributed by atoms with van der Waals surface area (Å²) in [6.45, 7) is 2.44. The Kier molecular flexibility index (Phi) is 5.18. The van der Waals surface area contributed by atoms with E-state index < -0.39 is 10.0 Å². The van der Waals surface area contributed by atoms with E-state index in [9.17, 15) is 8.42 Å². The molecule has 1 aromatic rings. The van der Waals surface area contributed by atoms with Crippen LogP contribution in [0.1, 0.15) is 31.7 Å². The van der Waals surface area contributed by atoms with Crippen LogP contribution in [-0.4, -0.2) is 28.1 Å². The Morgan fingerprint density at radius 1 is 1.30 bits per heavy atom. The van der Waals surface area contributed by atoms with E-state index in [1.54, 1.807) is 12.1 Å². The molecule has 0 aromatic heterocycles. The van der Waals surface area contributed by atoms with Crippen molar-refractivity contribution in [3.63, 3.8) is 0 Å². The predicted molar refractivity (Wildman–Crippen MR) is 81.2 cm³/mol. The van der Waals surface area contributed by atoms with Gasteiger partial charge in [0, 0.05) is 12.6 Å². The van der Waals surface area contributed by atoms with Gasteiger partial charge in [-0.1, -0.05) is 25.1 Å². The molecule has 4 nitrogen and oxygen atoms in total. The minimum Gasteiger partial charge on any atom is -0.316 e. The van der Waals surface area contributed by atoms with Crippen molar-refractivity contribution in [1.29, 1.82) is 0 Å². The fourth-order valence-electron chi connectivity index (χ4n) is 2.49. The van der Waals surface area contributed by atoms with Gasteiger partial charge in [0.2, 0.25) is 10.0 Å². The molecule has 1 saturated carbocycles. The molecule has 0 bridgehead atoms. The number of sulfonamides is 1. The smallest absolute Gasteiger partial charge is 0.240 e. The Morgan fingerprint density at radius 2 is 2.00 bits per heavy atom. The summed E-state index contributed by atoms with van der Waals surface area (Å²) < 4.78 is 27.3. The van der Waals surface area contributed by atoms with Crippen LogP contribution < -0.4 is 10.0 Å². The van der Waals surface area contributed by atoms with Gasteiger partial charge >= 0.3 is 0 Å². The summed E-state index contributed by atoms with van der Waals surface area (Å²) in [5.74, 6) is 0.694. The van der Waals surface area contributed by atoms with Gasteiger partial charge in [-0.05, 0) is 50.3 Å². The van der Waals surface area contributed by atoms with Crippen molar-refractivity contribution < 1.29 is 8.42 Å². The largest absolute Gasteiger partial charge is 0.316 e. The molecule has 5 heteroatoms. The fraction of sp³-hybridized carbons (Fsp3) is 0.600. The second kappa shape index (κ2) is 6.70. The van der Waals surface area contributed by atoms with Gasteiger partial charge in [0.25, 0.3) is 0 Å². The second-order valence-corrected chi connectivity index (χ2v) is 7.18. The first-order valence-corrected chi connectivity index (χ1v) is 8.81. The molecule has 2 rings (SSSR count). The monoisotopic (exact) mass is 296 g/mol. The van der Waals surface area contributed by atoms with Crippen molar-refractivity contribution in [3.8, 4) is 0 Å². The van der Waals surface area contributed by atoms with Gasteiger partial charge in [-0.2, -0.15) is 0 Å². The highest BCUT2D eigenvalue weighted by Gasteiger charge is 2.31. The zero-order valence-corrected chi connectivity index (χ0v) is 13.0. The number of nitrogens with one attached hydrogen (secondary N) is 2. The minimum absolute atomic E-state index is 0.373. The number of hydrogen-bond acceptors (Lipinski definition) is 3. The van der Waals surface area contributed by atoms with Gasteiger partial charge in [-0.15, -0.1) is 0 Å². The third kappa shape index (κ3) is 3.81. The van der Waals surface area contributed by atoms with E-state index in [4.69, 9.17) is 0 Å². The quantitative estimate of drug-likeness (QED) is 0.770. The van der Waals surface area contributed by atoms with Crippen molar-refractivity contribution in [1.82, 2.24) is 10.0 Å². The van der Waals surface area contributed by atoms with Crippen LogP contribution in [0.4, 0.5) is 0 Å². The molecule has 1 atom stereocenters. The highest BCUT2D eigenvalue weighted by atomic mass is 32.2. The molecule has 0 aliphatic heterocycles. The third-order valence-corrected chi connectivity index (χ3v) is 5.37. The molecule has 0 amide bonds. The van der Waals surface area contributed by atoms with E-state index >= 15 is 0 Å². The summed E-state index contributed by atoms with van der Waals surface area (Å²) in [4.78, 5) is 0.425. The average molecular weight is 296 g/mol. The normalized spacial score (nSPS) is 17.1. The summed E-state index contributed by atoms with van der Waals surface area (Å²) in [6.07, 6.45) is 4.05. The van der Waals surface area contributed by atoms with Crippen LogP contribution in [0.15, 0.2) is 29.2 Å². The predicted octanol–water partition coefficient (Wildman–Crippen LogP) is 1.92. The van der Waals surface area contributed by atoms with Crippen molar-refractivity contribution in [3.05, 3.63) is 29.8 Å². The van der Waals surface area contributed by atoms with E-state index in [2.05, 4.69) is 10.0 Å². The van der Waals surface area contributed by atoms with Gasteiger partial charge < -0.3 is 5.32 Å². The van der Waals surface area contributed by atoms with Crippen molar-refractivity contribution >= 4 is 10.0 Å². The zero-order chi connectivity index (χ0) is 14.6. The van der Waals surface area contributed by atoms with Crippen molar-refractivity contribution in [2.24, 2.45) is 5.92 Å². The van der Waals surface area contributed by atoms with E-state index in [1.807, 2.05) is 26.1 Å². The second-order valence-electron chi connectivity index (χ2n) is 5.44. The molecule has 1 aromatic carbocycles. The van der Waals surface area contributed by atoms with Crippen LogP contribution in [0.25, 0.3) is 0 Å². The Labute approximate surface area is 122 Å². The molecule has 2 N–H and O–H groups in total. The molecule has 0 spiro atoms. The molecule has 112 valence electrons. The van der Waals surface area contributed by atoms with Gasteiger partial charge in [-0.25, -0.2) is 13.1 Å². The maximum Gasteiger partial charge on any atom is 0.240 e. The fourth-order valence-corrected chi connectivity index (χ4v) is 3.87. The highest BCUT2D eigenvalue weighted by molar-refractivity contribution is 7.89. The van der Waals surface area contributed by atoms with Crippen LogP contribution in [-0.2, 0) is 16.4 Å². The molecular formula is C15H24N2O2S. The highest BCUT2D eigenvalue weighted by Crippen LogP contribution is 2.34. The lowest BCUT2D eigenvalue weighted by Gasteiger charge is -2.18. The summed E-state index contributed by atoms with van der Waals surface area (Å²) in [7, 11) is -1.44. The first-order chi connectivity index (χ1) is 9.58. The molecule has 1 unspecified atom stereocenters. The molecule has 1 aliphatic carbocycles. The molecule has 1 aliphatic rings. The molecule has 0 radical (unpaired) electrons. The van der Waals surface area contributed by atoms with E-state index in [1.165, 1.54) is 12.8 Å². The lowest BCUT2D eigenvalue weighted by molar-refractivity contribution is 0.496. The average Bonchev–Trinajstić information content (AvgIpc) is 3.27. The summed E-state index contributed by atoms with van der Waals surface area (Å²) >= 11 is 0. The summed E-state index contributed by atoms with van der Waals surface area (Å²) in [5, 5.41) is 3.32. The van der Waals surface area contributed by atoms with Crippen molar-refractivity contribution in [2.75, 3.05) is 13.6 Å². The van der Waals surface area contributed by atoms with Gasteiger partial charge in [0.05, 0.1) is 4.90 Å². The molecule has 0 saturated heterocycles. The van der Waals surface area contributed by atoms with Gasteiger partial charge in [0.15, 0.2) is 0 Å². The standard InChI is InChI=1S/C15H24N2O2S/c1-3-10-17-20(18,19)15-7-5-4-6-13(15)11-14(16-2)12-8-9-12/h4-7,12,14,16-17H,3,8-11H2,1-2H3. The molecule has 1 fully saturated rings. The Morgan fingerprint density at radius 3 is 2.60 bits per heavy atom. The van der Waals surface area contributed by atoms with E-state index in [-0.39, 0.29) is 0 Å². The van der Waals surface area contributed by atoms with Crippen LogP contribution in [0.5, 0.6) is 0 Å². The summed E-state index contributed by atoms with van der Waals surface area (Å²) in [5.41, 5.74) is 0.905. The van der Waals surface area contributed by atoms with Crippen LogP contribution in [0.2, 0.25) is 0 Å². The Balaban J connectivity index is 2.21. The van der Waals surface area contributed by atoms with E-state index in [0.29, 0.717) is 23.4 Å². The maximum absolute atomic E-state index is 12.3. The molecule has 20 heavy (non-hydrogen) atoms. The van der Waals surface area contributed by atoms with Crippen LogP contribution in [0, 0.1) is 5.92 Å². The zero-order valence-electron chi connectivity index (χ0n) is 12.2. The van der Waals surface area contributed by atoms with Gasteiger partial charge in [0.1, 0.15) is 0 Å². The van der Waals surface area contributed by atoms with Gasteiger partial charge in [-0.3, -0.25) is 0 Å². The maximum atomic E-state index is 12.3. The lowest BCUT2D eigenvalue weighted by Crippen LogP contribution is -2.31. The number of likely N-dealkylation sites (N-methyl/N-ethyl adjacent to an activating group) is 1.